The molecule has 0 heterocycles. The molecule has 0 aromatic heterocycles. The van der Waals surface area contributed by atoms with E-state index in [0.717, 1.165) is 27.0 Å². The Bertz CT molecular complexity index is 731. The minimum absolute atomic E-state index is 0.0486. The van der Waals surface area contributed by atoms with Crippen molar-refractivity contribution < 1.29 is 9.53 Å². The molecule has 1 atom stereocenters. The number of anilines is 1. The Morgan fingerprint density at radius 2 is 1.88 bits per heavy atom. The number of hydrogen-bond acceptors (Lipinski definition) is 3. The van der Waals surface area contributed by atoms with Gasteiger partial charge < -0.3 is 15.4 Å². The predicted octanol–water partition coefficient (Wildman–Crippen LogP) is 4.87. The van der Waals surface area contributed by atoms with Crippen LogP contribution in [-0.2, 0) is 4.79 Å². The third-order valence-corrected chi connectivity index (χ3v) is 4.72. The molecule has 0 aliphatic carbocycles. The first-order valence-corrected chi connectivity index (χ1v) is 9.17. The molecule has 0 saturated heterocycles. The van der Waals surface area contributed by atoms with Crippen molar-refractivity contribution in [3.63, 3.8) is 0 Å². The maximum absolute atomic E-state index is 12.3. The summed E-state index contributed by atoms with van der Waals surface area (Å²) in [6.07, 6.45) is 0. The van der Waals surface area contributed by atoms with Crippen molar-refractivity contribution in [2.24, 2.45) is 0 Å². The highest BCUT2D eigenvalue weighted by Gasteiger charge is 2.12. The van der Waals surface area contributed by atoms with E-state index in [1.165, 1.54) is 0 Å². The van der Waals surface area contributed by atoms with Crippen LogP contribution in [0.3, 0.4) is 0 Å². The Hall–Kier alpha value is -1.85. The van der Waals surface area contributed by atoms with E-state index in [1.54, 1.807) is 7.11 Å². The SMILES string of the molecule is COc1ccc([C@H](C)NCC(=O)Nc2ccccc2C(C)C)cc1Br. The second kappa shape index (κ2) is 9.02. The highest BCUT2D eigenvalue weighted by atomic mass is 79.9. The zero-order valence-electron chi connectivity index (χ0n) is 15.1. The first-order valence-electron chi connectivity index (χ1n) is 8.38. The van der Waals surface area contributed by atoms with E-state index < -0.39 is 0 Å². The van der Waals surface area contributed by atoms with Gasteiger partial charge in [0, 0.05) is 11.7 Å². The van der Waals surface area contributed by atoms with E-state index in [9.17, 15) is 4.79 Å². The van der Waals surface area contributed by atoms with Crippen molar-refractivity contribution in [1.82, 2.24) is 5.32 Å². The molecule has 0 fully saturated rings. The van der Waals surface area contributed by atoms with Crippen LogP contribution in [0.2, 0.25) is 0 Å². The quantitative estimate of drug-likeness (QED) is 0.691. The molecular weight excluding hydrogens is 380 g/mol. The fraction of sp³-hybridized carbons (Fsp3) is 0.350. The second-order valence-electron chi connectivity index (χ2n) is 6.29. The topological polar surface area (TPSA) is 50.4 Å². The van der Waals surface area contributed by atoms with Gasteiger partial charge in [0.05, 0.1) is 18.1 Å². The summed E-state index contributed by atoms with van der Waals surface area (Å²) in [5.74, 6) is 1.10. The molecule has 2 rings (SSSR count). The molecule has 0 aliphatic heterocycles. The van der Waals surface area contributed by atoms with Crippen LogP contribution in [0.25, 0.3) is 0 Å². The summed E-state index contributed by atoms with van der Waals surface area (Å²) in [6, 6.07) is 13.9. The molecule has 0 saturated carbocycles. The average Bonchev–Trinajstić information content (AvgIpc) is 2.59. The van der Waals surface area contributed by atoms with Crippen LogP contribution in [-0.4, -0.2) is 19.6 Å². The zero-order valence-corrected chi connectivity index (χ0v) is 16.7. The van der Waals surface area contributed by atoms with Crippen molar-refractivity contribution in [3.8, 4) is 5.75 Å². The van der Waals surface area contributed by atoms with Gasteiger partial charge in [-0.2, -0.15) is 0 Å². The van der Waals surface area contributed by atoms with Crippen LogP contribution >= 0.6 is 15.9 Å². The summed E-state index contributed by atoms with van der Waals surface area (Å²) in [7, 11) is 1.64. The molecule has 4 nitrogen and oxygen atoms in total. The Kier molecular flexibility index (Phi) is 7.02. The van der Waals surface area contributed by atoms with Crippen LogP contribution in [0.4, 0.5) is 5.69 Å². The first kappa shape index (κ1) is 19.5. The van der Waals surface area contributed by atoms with E-state index in [4.69, 9.17) is 4.74 Å². The minimum Gasteiger partial charge on any atom is -0.496 e. The second-order valence-corrected chi connectivity index (χ2v) is 7.14. The third-order valence-electron chi connectivity index (χ3n) is 4.10. The van der Waals surface area contributed by atoms with Crippen LogP contribution < -0.4 is 15.4 Å². The van der Waals surface area contributed by atoms with E-state index in [-0.39, 0.29) is 18.5 Å². The number of amides is 1. The zero-order chi connectivity index (χ0) is 18.4. The van der Waals surface area contributed by atoms with Crippen LogP contribution in [0, 0.1) is 0 Å². The Morgan fingerprint density at radius 3 is 2.52 bits per heavy atom. The minimum atomic E-state index is -0.0486. The van der Waals surface area contributed by atoms with Gasteiger partial charge in [0.2, 0.25) is 5.91 Å². The predicted molar refractivity (Wildman–Crippen MR) is 106 cm³/mol. The summed E-state index contributed by atoms with van der Waals surface area (Å²) in [5, 5.41) is 6.26. The lowest BCUT2D eigenvalue weighted by Gasteiger charge is -2.17. The largest absolute Gasteiger partial charge is 0.496 e. The van der Waals surface area contributed by atoms with Gasteiger partial charge in [-0.3, -0.25) is 4.79 Å². The van der Waals surface area contributed by atoms with Gasteiger partial charge in [-0.25, -0.2) is 0 Å². The number of rotatable bonds is 7. The van der Waals surface area contributed by atoms with Crippen LogP contribution in [0.15, 0.2) is 46.9 Å². The molecule has 2 N–H and O–H groups in total. The lowest BCUT2D eigenvalue weighted by molar-refractivity contribution is -0.115. The molecule has 0 aliphatic rings. The number of carbonyl (C=O) groups excluding carboxylic acids is 1. The van der Waals surface area contributed by atoms with Crippen molar-refractivity contribution in [2.75, 3.05) is 19.0 Å². The average molecular weight is 405 g/mol. The number of nitrogens with one attached hydrogen (secondary N) is 2. The van der Waals surface area contributed by atoms with Gasteiger partial charge in [-0.1, -0.05) is 38.1 Å². The van der Waals surface area contributed by atoms with Gasteiger partial charge in [-0.05, 0) is 58.1 Å². The van der Waals surface area contributed by atoms with E-state index in [1.807, 2.05) is 49.4 Å². The lowest BCUT2D eigenvalue weighted by atomic mass is 10.0. The molecule has 0 spiro atoms. The number of hydrogen-bond donors (Lipinski definition) is 2. The molecule has 0 unspecified atom stereocenters. The molecule has 0 radical (unpaired) electrons. The van der Waals surface area contributed by atoms with Crippen molar-refractivity contribution in [2.45, 2.75) is 32.7 Å². The fourth-order valence-electron chi connectivity index (χ4n) is 2.62. The van der Waals surface area contributed by atoms with E-state index in [0.29, 0.717) is 5.92 Å². The Labute approximate surface area is 158 Å². The van der Waals surface area contributed by atoms with Crippen molar-refractivity contribution in [3.05, 3.63) is 58.1 Å². The maximum atomic E-state index is 12.3. The molecule has 2 aromatic carbocycles. The molecule has 134 valence electrons. The molecule has 0 bridgehead atoms. The van der Waals surface area contributed by atoms with Gasteiger partial charge in [0.15, 0.2) is 0 Å². The molecular formula is C20H25BrN2O2. The number of methoxy groups -OCH3 is 1. The van der Waals surface area contributed by atoms with E-state index in [2.05, 4.69) is 40.4 Å². The highest BCUT2D eigenvalue weighted by molar-refractivity contribution is 9.10. The van der Waals surface area contributed by atoms with Gasteiger partial charge in [0.1, 0.15) is 5.75 Å². The summed E-state index contributed by atoms with van der Waals surface area (Å²) in [5.41, 5.74) is 3.11. The molecule has 2 aromatic rings. The summed E-state index contributed by atoms with van der Waals surface area (Å²) in [4.78, 5) is 12.3. The number of carbonyl (C=O) groups is 1. The normalized spacial score (nSPS) is 12.1. The first-order chi connectivity index (χ1) is 11.9. The smallest absolute Gasteiger partial charge is 0.238 e. The maximum Gasteiger partial charge on any atom is 0.238 e. The van der Waals surface area contributed by atoms with Gasteiger partial charge in [-0.15, -0.1) is 0 Å². The standard InChI is InChI=1S/C20H25BrN2O2/c1-13(2)16-7-5-6-8-18(16)23-20(24)12-22-14(3)15-9-10-19(25-4)17(21)11-15/h5-11,13-14,22H,12H2,1-4H3,(H,23,24)/t14-/m0/s1. The van der Waals surface area contributed by atoms with Crippen LogP contribution in [0.5, 0.6) is 5.75 Å². The molecule has 5 heteroatoms. The van der Waals surface area contributed by atoms with Gasteiger partial charge >= 0.3 is 0 Å². The number of ether oxygens (including phenoxy) is 1. The summed E-state index contributed by atoms with van der Waals surface area (Å²) >= 11 is 3.49. The lowest BCUT2D eigenvalue weighted by Crippen LogP contribution is -2.30. The van der Waals surface area contributed by atoms with E-state index >= 15 is 0 Å². The van der Waals surface area contributed by atoms with Crippen LogP contribution in [0.1, 0.15) is 43.9 Å². The highest BCUT2D eigenvalue weighted by Crippen LogP contribution is 2.28. The fourth-order valence-corrected chi connectivity index (χ4v) is 3.18. The van der Waals surface area contributed by atoms with Crippen molar-refractivity contribution in [1.29, 1.82) is 0 Å². The molecule has 1 amide bonds. The monoisotopic (exact) mass is 404 g/mol. The number of benzene rings is 2. The van der Waals surface area contributed by atoms with Gasteiger partial charge in [0.25, 0.3) is 0 Å². The van der Waals surface area contributed by atoms with Crippen molar-refractivity contribution >= 4 is 27.5 Å². The Balaban J connectivity index is 1.95. The number of halogens is 1. The third kappa shape index (κ3) is 5.31. The number of para-hydroxylation sites is 1. The summed E-state index contributed by atoms with van der Waals surface area (Å²) in [6.45, 7) is 6.51. The molecule has 25 heavy (non-hydrogen) atoms. The summed E-state index contributed by atoms with van der Waals surface area (Å²) < 4.78 is 6.14. The Morgan fingerprint density at radius 1 is 1.16 bits per heavy atom.